The molecule has 0 aliphatic carbocycles. The molecule has 11 nitrogen and oxygen atoms in total. The molecule has 160 valence electrons. The quantitative estimate of drug-likeness (QED) is 0.443. The summed E-state index contributed by atoms with van der Waals surface area (Å²) in [5.41, 5.74) is 0. The smallest absolute Gasteiger partial charge is 0.407 e. The van der Waals surface area contributed by atoms with E-state index in [1.807, 2.05) is 0 Å². The van der Waals surface area contributed by atoms with Gasteiger partial charge >= 0.3 is 24.0 Å². The van der Waals surface area contributed by atoms with Gasteiger partial charge in [0.25, 0.3) is 0 Å². The van der Waals surface area contributed by atoms with Crippen LogP contribution in [0.2, 0.25) is 0 Å². The summed E-state index contributed by atoms with van der Waals surface area (Å²) in [6.45, 7) is 6.90. The molecule has 1 aliphatic heterocycles. The number of esters is 3. The van der Waals surface area contributed by atoms with Crippen LogP contribution in [0.1, 0.15) is 34.6 Å². The Morgan fingerprint density at radius 3 is 1.96 bits per heavy atom. The molecule has 28 heavy (non-hydrogen) atoms. The first-order valence-electron chi connectivity index (χ1n) is 8.87. The van der Waals surface area contributed by atoms with Crippen LogP contribution in [0.4, 0.5) is 4.79 Å². The zero-order chi connectivity index (χ0) is 21.3. The van der Waals surface area contributed by atoms with Crippen LogP contribution in [0, 0.1) is 0 Å². The van der Waals surface area contributed by atoms with Crippen molar-refractivity contribution in [3.8, 4) is 0 Å². The topological polar surface area (TPSA) is 136 Å². The van der Waals surface area contributed by atoms with Crippen molar-refractivity contribution in [2.24, 2.45) is 0 Å². The second-order valence-electron chi connectivity index (χ2n) is 5.84. The molecule has 0 bridgehead atoms. The van der Waals surface area contributed by atoms with Gasteiger partial charge in [0, 0.05) is 27.4 Å². The Hall–Kier alpha value is -2.40. The molecule has 0 aromatic rings. The molecule has 5 atom stereocenters. The summed E-state index contributed by atoms with van der Waals surface area (Å²) >= 11 is 0. The number of carbonyl (C=O) groups is 4. The summed E-state index contributed by atoms with van der Waals surface area (Å²) in [5.74, 6) is -1.93. The van der Waals surface area contributed by atoms with Crippen molar-refractivity contribution < 1.29 is 47.6 Å². The van der Waals surface area contributed by atoms with Crippen LogP contribution in [0.25, 0.3) is 0 Å². The van der Waals surface area contributed by atoms with Crippen LogP contribution in [0.5, 0.6) is 0 Å². The first-order chi connectivity index (χ1) is 13.2. The van der Waals surface area contributed by atoms with Gasteiger partial charge in [0.15, 0.2) is 18.5 Å². The fraction of sp³-hybridized carbons (Fsp3) is 0.765. The Bertz CT molecular complexity index is 566. The molecule has 0 spiro atoms. The van der Waals surface area contributed by atoms with Crippen LogP contribution in [-0.4, -0.2) is 74.5 Å². The van der Waals surface area contributed by atoms with Gasteiger partial charge in [-0.25, -0.2) is 4.79 Å². The van der Waals surface area contributed by atoms with E-state index in [0.29, 0.717) is 0 Å². The zero-order valence-electron chi connectivity index (χ0n) is 16.6. The second kappa shape index (κ2) is 11.4. The van der Waals surface area contributed by atoms with Gasteiger partial charge in [-0.1, -0.05) is 0 Å². The van der Waals surface area contributed by atoms with Crippen molar-refractivity contribution >= 4 is 24.0 Å². The molecule has 1 amide bonds. The van der Waals surface area contributed by atoms with E-state index in [0.717, 1.165) is 6.92 Å². The minimum atomic E-state index is -1.17. The average Bonchev–Trinajstić information content (AvgIpc) is 2.58. The van der Waals surface area contributed by atoms with Crippen molar-refractivity contribution in [3.63, 3.8) is 0 Å². The van der Waals surface area contributed by atoms with Crippen LogP contribution >= 0.6 is 0 Å². The van der Waals surface area contributed by atoms with Gasteiger partial charge in [-0.3, -0.25) is 14.4 Å². The van der Waals surface area contributed by atoms with Crippen molar-refractivity contribution in [2.75, 3.05) is 19.8 Å². The molecule has 0 aromatic heterocycles. The number of rotatable bonds is 8. The summed E-state index contributed by atoms with van der Waals surface area (Å²) < 4.78 is 31.7. The first-order valence-corrected chi connectivity index (χ1v) is 8.87. The molecular formula is C17H27NO10. The van der Waals surface area contributed by atoms with Crippen LogP contribution in [0.3, 0.4) is 0 Å². The number of amides is 1. The fourth-order valence-electron chi connectivity index (χ4n) is 2.67. The molecule has 0 saturated carbocycles. The lowest BCUT2D eigenvalue weighted by Gasteiger charge is -2.44. The van der Waals surface area contributed by atoms with E-state index in [2.05, 4.69) is 5.32 Å². The van der Waals surface area contributed by atoms with E-state index in [1.54, 1.807) is 13.8 Å². The fourth-order valence-corrected chi connectivity index (χ4v) is 2.67. The minimum absolute atomic E-state index is 0.111. The highest BCUT2D eigenvalue weighted by Gasteiger charge is 2.51. The maximum atomic E-state index is 12.0. The van der Waals surface area contributed by atoms with Gasteiger partial charge in [-0.15, -0.1) is 0 Å². The molecule has 11 heteroatoms. The highest BCUT2D eigenvalue weighted by molar-refractivity contribution is 5.69. The molecule has 1 rings (SSSR count). The van der Waals surface area contributed by atoms with E-state index in [1.165, 1.54) is 13.8 Å². The molecule has 1 fully saturated rings. The third kappa shape index (κ3) is 7.31. The van der Waals surface area contributed by atoms with E-state index in [4.69, 9.17) is 28.4 Å². The lowest BCUT2D eigenvalue weighted by Crippen LogP contribution is -2.66. The second-order valence-corrected chi connectivity index (χ2v) is 5.84. The van der Waals surface area contributed by atoms with Crippen LogP contribution < -0.4 is 5.32 Å². The predicted molar refractivity (Wildman–Crippen MR) is 92.0 cm³/mol. The minimum Gasteiger partial charge on any atom is -0.463 e. The van der Waals surface area contributed by atoms with Gasteiger partial charge in [0.2, 0.25) is 0 Å². The van der Waals surface area contributed by atoms with Crippen molar-refractivity contribution in [2.45, 2.75) is 65.3 Å². The van der Waals surface area contributed by atoms with Crippen LogP contribution in [-0.2, 0) is 42.8 Å². The number of carbonyl (C=O) groups excluding carboxylic acids is 4. The van der Waals surface area contributed by atoms with E-state index in [9.17, 15) is 19.2 Å². The standard InChI is InChI=1S/C17H27NO10/c1-6-23-16-13(18-17(22)24-7-2)15(27-11(5)21)14(26-10(4)20)12(28-16)8-25-9(3)19/h12-16H,6-8H2,1-5H3,(H,18,22)/t12-,13-,14-,15-,16+/m0/s1. The Morgan fingerprint density at radius 1 is 0.857 bits per heavy atom. The summed E-state index contributed by atoms with van der Waals surface area (Å²) in [4.78, 5) is 46.4. The third-order valence-corrected chi connectivity index (χ3v) is 3.59. The summed E-state index contributed by atoms with van der Waals surface area (Å²) in [6, 6.07) is -1.04. The molecule has 0 radical (unpaired) electrons. The molecule has 1 heterocycles. The highest BCUT2D eigenvalue weighted by Crippen LogP contribution is 2.28. The Kier molecular flexibility index (Phi) is 9.66. The SMILES string of the molecule is CCOC(=O)N[C@@H]1[C@H](OCC)O[C@@H](COC(C)=O)[C@H](OC(C)=O)[C@H]1OC(C)=O. The third-order valence-electron chi connectivity index (χ3n) is 3.59. The largest absolute Gasteiger partial charge is 0.463 e. The molecule has 0 unspecified atom stereocenters. The summed E-state index contributed by atoms with van der Waals surface area (Å²) in [6.07, 6.45) is -5.20. The molecule has 1 aliphatic rings. The van der Waals surface area contributed by atoms with Crippen LogP contribution in [0.15, 0.2) is 0 Å². The predicted octanol–water partition coefficient (Wildman–Crippen LogP) is 0.289. The molecular weight excluding hydrogens is 378 g/mol. The normalized spacial score (nSPS) is 26.7. The monoisotopic (exact) mass is 405 g/mol. The zero-order valence-corrected chi connectivity index (χ0v) is 16.6. The van der Waals surface area contributed by atoms with Crippen molar-refractivity contribution in [3.05, 3.63) is 0 Å². The lowest BCUT2D eigenvalue weighted by atomic mass is 9.96. The highest BCUT2D eigenvalue weighted by atomic mass is 16.7. The van der Waals surface area contributed by atoms with Gasteiger partial charge in [0.1, 0.15) is 18.8 Å². The van der Waals surface area contributed by atoms with Gasteiger partial charge in [0.05, 0.1) is 6.61 Å². The van der Waals surface area contributed by atoms with E-state index < -0.39 is 54.6 Å². The number of alkyl carbamates (subject to hydrolysis) is 1. The summed E-state index contributed by atoms with van der Waals surface area (Å²) in [5, 5.41) is 2.51. The van der Waals surface area contributed by atoms with Crippen molar-refractivity contribution in [1.29, 1.82) is 0 Å². The maximum Gasteiger partial charge on any atom is 0.407 e. The Morgan fingerprint density at radius 2 is 1.46 bits per heavy atom. The van der Waals surface area contributed by atoms with Gasteiger partial charge in [-0.2, -0.15) is 0 Å². The van der Waals surface area contributed by atoms with E-state index >= 15 is 0 Å². The van der Waals surface area contributed by atoms with Crippen molar-refractivity contribution in [1.82, 2.24) is 5.32 Å². The molecule has 1 saturated heterocycles. The number of ether oxygens (including phenoxy) is 6. The number of nitrogens with one attached hydrogen (secondary N) is 1. The lowest BCUT2D eigenvalue weighted by molar-refractivity contribution is -0.276. The Balaban J connectivity index is 3.23. The molecule has 1 N–H and O–H groups in total. The first kappa shape index (κ1) is 23.6. The van der Waals surface area contributed by atoms with Gasteiger partial charge < -0.3 is 33.7 Å². The Labute approximate surface area is 162 Å². The van der Waals surface area contributed by atoms with E-state index in [-0.39, 0.29) is 19.8 Å². The van der Waals surface area contributed by atoms with Gasteiger partial charge in [-0.05, 0) is 13.8 Å². The average molecular weight is 405 g/mol. The maximum absolute atomic E-state index is 12.0. The number of hydrogen-bond donors (Lipinski definition) is 1. The summed E-state index contributed by atoms with van der Waals surface area (Å²) in [7, 11) is 0. The number of hydrogen-bond acceptors (Lipinski definition) is 10. The molecule has 0 aromatic carbocycles.